The van der Waals surface area contributed by atoms with Crippen LogP contribution in [0.4, 0.5) is 0 Å². The van der Waals surface area contributed by atoms with Crippen molar-refractivity contribution in [3.8, 4) is 11.5 Å². The van der Waals surface area contributed by atoms with Gasteiger partial charge in [-0.2, -0.15) is 0 Å². The molecule has 156 valence electrons. The summed E-state index contributed by atoms with van der Waals surface area (Å²) in [4.78, 5) is 13.5. The van der Waals surface area contributed by atoms with Gasteiger partial charge in [-0.25, -0.2) is 9.97 Å². The summed E-state index contributed by atoms with van der Waals surface area (Å²) in [5.41, 5.74) is 3.04. The first-order chi connectivity index (χ1) is 13.5. The van der Waals surface area contributed by atoms with E-state index in [0.717, 1.165) is 40.9 Å². The number of nitrogens with zero attached hydrogens (tertiary/aromatic N) is 3. The van der Waals surface area contributed by atoms with Crippen molar-refractivity contribution in [2.75, 3.05) is 13.6 Å². The molecule has 0 aliphatic carbocycles. The van der Waals surface area contributed by atoms with Crippen molar-refractivity contribution >= 4 is 41.3 Å². The molecule has 0 saturated carbocycles. The van der Waals surface area contributed by atoms with E-state index in [1.165, 1.54) is 0 Å². The van der Waals surface area contributed by atoms with Crippen LogP contribution in [0, 0.1) is 0 Å². The Labute approximate surface area is 193 Å². The number of rotatable bonds is 6. The summed E-state index contributed by atoms with van der Waals surface area (Å²) < 4.78 is 5.57. The van der Waals surface area contributed by atoms with Crippen LogP contribution in [-0.2, 0) is 18.4 Å². The minimum atomic E-state index is 0. The van der Waals surface area contributed by atoms with Crippen LogP contribution in [0.5, 0.6) is 0 Å². The van der Waals surface area contributed by atoms with Gasteiger partial charge in [0.05, 0.1) is 22.9 Å². The van der Waals surface area contributed by atoms with Crippen molar-refractivity contribution in [2.45, 2.75) is 39.2 Å². The summed E-state index contributed by atoms with van der Waals surface area (Å²) in [6.45, 7) is 7.86. The SMILES string of the molecule is CN=C(NCCc1nc(C(C)(C)C)cs1)NCc1coc(-c2ccccc2)n1.I. The van der Waals surface area contributed by atoms with Gasteiger partial charge < -0.3 is 15.1 Å². The van der Waals surface area contributed by atoms with Crippen molar-refractivity contribution in [3.63, 3.8) is 0 Å². The van der Waals surface area contributed by atoms with Gasteiger partial charge in [-0.1, -0.05) is 39.0 Å². The lowest BCUT2D eigenvalue weighted by Crippen LogP contribution is -2.37. The Hall–Kier alpha value is -1.94. The van der Waals surface area contributed by atoms with Crippen LogP contribution in [-0.4, -0.2) is 29.5 Å². The fourth-order valence-corrected chi connectivity index (χ4v) is 3.58. The molecule has 8 heteroatoms. The lowest BCUT2D eigenvalue weighted by atomic mass is 9.93. The molecule has 0 unspecified atom stereocenters. The standard InChI is InChI=1S/C21H27N5OS.HI/c1-21(2,3)17-14-28-18(26-17)10-11-23-20(22-4)24-12-16-13-27-19(25-16)15-8-6-5-7-9-15;/h5-9,13-14H,10-12H2,1-4H3,(H2,22,23,24);1H. The molecular weight excluding hydrogens is 497 g/mol. The zero-order valence-electron chi connectivity index (χ0n) is 17.2. The molecule has 2 N–H and O–H groups in total. The average Bonchev–Trinajstić information content (AvgIpc) is 3.34. The average molecular weight is 525 g/mol. The number of thiazole rings is 1. The van der Waals surface area contributed by atoms with Gasteiger partial charge in [-0.05, 0) is 12.1 Å². The molecule has 0 spiro atoms. The molecule has 0 amide bonds. The number of hydrogen-bond donors (Lipinski definition) is 2. The Morgan fingerprint density at radius 3 is 2.55 bits per heavy atom. The van der Waals surface area contributed by atoms with Crippen LogP contribution in [0.1, 0.15) is 37.2 Å². The van der Waals surface area contributed by atoms with Gasteiger partial charge in [-0.15, -0.1) is 35.3 Å². The molecule has 3 aromatic rings. The number of oxazole rings is 1. The molecule has 0 radical (unpaired) electrons. The van der Waals surface area contributed by atoms with Crippen LogP contribution >= 0.6 is 35.3 Å². The molecule has 0 fully saturated rings. The molecule has 6 nitrogen and oxygen atoms in total. The fraction of sp³-hybridized carbons (Fsp3) is 0.381. The van der Waals surface area contributed by atoms with Gasteiger partial charge in [0.2, 0.25) is 5.89 Å². The highest BCUT2D eigenvalue weighted by Crippen LogP contribution is 2.24. The molecule has 0 saturated heterocycles. The molecule has 2 aromatic heterocycles. The molecule has 0 aliphatic heterocycles. The van der Waals surface area contributed by atoms with E-state index < -0.39 is 0 Å². The number of guanidine groups is 1. The van der Waals surface area contributed by atoms with Crippen molar-refractivity contribution in [3.05, 3.63) is 58.4 Å². The smallest absolute Gasteiger partial charge is 0.226 e. The van der Waals surface area contributed by atoms with Crippen molar-refractivity contribution in [1.82, 2.24) is 20.6 Å². The van der Waals surface area contributed by atoms with Crippen molar-refractivity contribution in [1.29, 1.82) is 0 Å². The second kappa shape index (κ2) is 10.7. The van der Waals surface area contributed by atoms with Crippen LogP contribution in [0.2, 0.25) is 0 Å². The maximum Gasteiger partial charge on any atom is 0.226 e. The lowest BCUT2D eigenvalue weighted by Gasteiger charge is -2.14. The summed E-state index contributed by atoms with van der Waals surface area (Å²) in [6.07, 6.45) is 2.54. The molecule has 1 aromatic carbocycles. The maximum absolute atomic E-state index is 5.57. The van der Waals surface area contributed by atoms with E-state index in [1.54, 1.807) is 24.6 Å². The van der Waals surface area contributed by atoms with E-state index >= 15 is 0 Å². The van der Waals surface area contributed by atoms with E-state index in [-0.39, 0.29) is 29.4 Å². The van der Waals surface area contributed by atoms with Crippen molar-refractivity contribution < 1.29 is 4.42 Å². The second-order valence-corrected chi connectivity index (χ2v) is 8.43. The first-order valence-corrected chi connectivity index (χ1v) is 10.2. The molecule has 0 atom stereocenters. The molecule has 0 bridgehead atoms. The molecule has 29 heavy (non-hydrogen) atoms. The fourth-order valence-electron chi connectivity index (χ4n) is 2.55. The maximum atomic E-state index is 5.57. The van der Waals surface area contributed by atoms with E-state index in [4.69, 9.17) is 9.40 Å². The Balaban J connectivity index is 0.00000300. The number of halogens is 1. The summed E-state index contributed by atoms with van der Waals surface area (Å²) in [7, 11) is 1.76. The quantitative estimate of drug-likeness (QED) is 0.279. The molecule has 3 rings (SSSR count). The normalized spacial score (nSPS) is 11.8. The number of aromatic nitrogens is 2. The summed E-state index contributed by atoms with van der Waals surface area (Å²) in [6, 6.07) is 9.87. The molecule has 2 heterocycles. The van der Waals surface area contributed by atoms with E-state index in [2.05, 4.69) is 46.8 Å². The zero-order valence-corrected chi connectivity index (χ0v) is 20.4. The topological polar surface area (TPSA) is 75.3 Å². The van der Waals surface area contributed by atoms with Crippen LogP contribution in [0.3, 0.4) is 0 Å². The van der Waals surface area contributed by atoms with E-state index in [9.17, 15) is 0 Å². The Morgan fingerprint density at radius 1 is 1.14 bits per heavy atom. The summed E-state index contributed by atoms with van der Waals surface area (Å²) in [5, 5.41) is 9.87. The van der Waals surface area contributed by atoms with Crippen LogP contribution < -0.4 is 10.6 Å². The Morgan fingerprint density at radius 2 is 1.90 bits per heavy atom. The predicted molar refractivity (Wildman–Crippen MR) is 130 cm³/mol. The largest absolute Gasteiger partial charge is 0.444 e. The molecule has 0 aliphatic rings. The first kappa shape index (κ1) is 23.3. The Kier molecular flexibility index (Phi) is 8.63. The second-order valence-electron chi connectivity index (χ2n) is 7.49. The lowest BCUT2D eigenvalue weighted by molar-refractivity contribution is 0.570. The highest BCUT2D eigenvalue weighted by Gasteiger charge is 2.17. The van der Waals surface area contributed by atoms with E-state index in [1.807, 2.05) is 30.3 Å². The van der Waals surface area contributed by atoms with Gasteiger partial charge in [0, 0.05) is 36.4 Å². The number of nitrogens with one attached hydrogen (secondary N) is 2. The third-order valence-electron chi connectivity index (χ3n) is 4.18. The summed E-state index contributed by atoms with van der Waals surface area (Å²) >= 11 is 1.71. The van der Waals surface area contributed by atoms with Crippen LogP contribution in [0.15, 0.2) is 51.4 Å². The number of aliphatic imine (C=N–C) groups is 1. The Bertz CT molecular complexity index is 915. The van der Waals surface area contributed by atoms with Gasteiger partial charge in [0.15, 0.2) is 5.96 Å². The monoisotopic (exact) mass is 525 g/mol. The van der Waals surface area contributed by atoms with Crippen LogP contribution in [0.25, 0.3) is 11.5 Å². The first-order valence-electron chi connectivity index (χ1n) is 9.35. The third kappa shape index (κ3) is 6.81. The van der Waals surface area contributed by atoms with Gasteiger partial charge in [-0.3, -0.25) is 4.99 Å². The minimum Gasteiger partial charge on any atom is -0.444 e. The minimum absolute atomic E-state index is 0. The van der Waals surface area contributed by atoms with Gasteiger partial charge in [0.1, 0.15) is 6.26 Å². The predicted octanol–water partition coefficient (Wildman–Crippen LogP) is 4.62. The zero-order chi connectivity index (χ0) is 20.0. The number of hydrogen-bond acceptors (Lipinski definition) is 5. The summed E-state index contributed by atoms with van der Waals surface area (Å²) in [5.74, 6) is 1.36. The van der Waals surface area contributed by atoms with E-state index in [0.29, 0.717) is 12.4 Å². The van der Waals surface area contributed by atoms with Crippen molar-refractivity contribution in [2.24, 2.45) is 4.99 Å². The van der Waals surface area contributed by atoms with Gasteiger partial charge in [0.25, 0.3) is 0 Å². The van der Waals surface area contributed by atoms with Gasteiger partial charge >= 0.3 is 0 Å². The highest BCUT2D eigenvalue weighted by molar-refractivity contribution is 14.0. The number of benzene rings is 1. The third-order valence-corrected chi connectivity index (χ3v) is 5.09. The highest BCUT2D eigenvalue weighted by atomic mass is 127. The molecular formula is C21H28IN5OS.